The van der Waals surface area contributed by atoms with Crippen LogP contribution in [-0.2, 0) is 18.4 Å². The third-order valence-electron chi connectivity index (χ3n) is 1.06. The second kappa shape index (κ2) is 14.8. The lowest BCUT2D eigenvalue weighted by Gasteiger charge is -2.04. The average molecular weight is 269 g/mol. The van der Waals surface area contributed by atoms with Gasteiger partial charge >= 0.3 is 9.17 Å². The minimum atomic E-state index is -2.83. The first kappa shape index (κ1) is 18.1. The minimum absolute atomic E-state index is 0.00437. The molecule has 0 aromatic carbocycles. The number of aliphatic hydroxyl groups excluding tert-OH is 1. The van der Waals surface area contributed by atoms with Crippen molar-refractivity contribution in [3.8, 4) is 0 Å². The first-order valence-corrected chi connectivity index (χ1v) is 5.98. The minimum Gasteiger partial charge on any atom is -0.511 e. The smallest absolute Gasteiger partial charge is 0.511 e. The Kier molecular flexibility index (Phi) is 15.8. The number of nitrogens with one attached hydrogen (secondary N) is 1. The standard InChI is InChI=1S/C6H14O6Si.CH5N3/c7-1-2-10-3-4-11-5-6-12-13(8)9;2-1(3)4/h7-8H,1-6H2;(H5,2,3,4). The van der Waals surface area contributed by atoms with Crippen LogP contribution in [0, 0.1) is 5.41 Å². The van der Waals surface area contributed by atoms with E-state index in [1.54, 1.807) is 0 Å². The Morgan fingerprint density at radius 2 is 1.53 bits per heavy atom. The van der Waals surface area contributed by atoms with Crippen LogP contribution in [-0.4, -0.2) is 64.7 Å². The maximum Gasteiger partial charge on any atom is 0.764 e. The average Bonchev–Trinajstić information content (AvgIpc) is 2.21. The normalized spacial score (nSPS) is 9.00. The molecule has 0 heterocycles. The van der Waals surface area contributed by atoms with Gasteiger partial charge in [0.1, 0.15) is 0 Å². The topological polar surface area (TPSA) is 161 Å². The zero-order chi connectivity index (χ0) is 13.5. The molecule has 102 valence electrons. The monoisotopic (exact) mass is 269 g/mol. The molecule has 0 radical (unpaired) electrons. The summed E-state index contributed by atoms with van der Waals surface area (Å²) >= 11 is 0. The van der Waals surface area contributed by atoms with E-state index in [1.807, 2.05) is 0 Å². The Morgan fingerprint density at radius 3 is 1.94 bits per heavy atom. The van der Waals surface area contributed by atoms with Crippen molar-refractivity contribution in [3.05, 3.63) is 0 Å². The molecule has 0 aliphatic rings. The van der Waals surface area contributed by atoms with E-state index >= 15 is 0 Å². The number of hydrogen-bond donors (Lipinski definition) is 5. The van der Waals surface area contributed by atoms with Crippen molar-refractivity contribution in [3.63, 3.8) is 0 Å². The molecule has 9 nitrogen and oxygen atoms in total. The van der Waals surface area contributed by atoms with Gasteiger partial charge in [-0.05, 0) is 0 Å². The van der Waals surface area contributed by atoms with Gasteiger partial charge in [0.2, 0.25) is 0 Å². The number of rotatable bonds is 9. The lowest BCUT2D eigenvalue weighted by molar-refractivity contribution is 0.0219. The first-order valence-electron chi connectivity index (χ1n) is 4.72. The van der Waals surface area contributed by atoms with Gasteiger partial charge in [0, 0.05) is 0 Å². The van der Waals surface area contributed by atoms with Crippen LogP contribution in [0.4, 0.5) is 0 Å². The highest BCUT2D eigenvalue weighted by molar-refractivity contribution is 6.24. The van der Waals surface area contributed by atoms with E-state index in [4.69, 9.17) is 24.8 Å². The quantitative estimate of drug-likeness (QED) is 0.130. The van der Waals surface area contributed by atoms with Crippen LogP contribution in [0.2, 0.25) is 0 Å². The zero-order valence-electron chi connectivity index (χ0n) is 9.42. The zero-order valence-corrected chi connectivity index (χ0v) is 10.4. The number of aliphatic hydroxyl groups is 1. The van der Waals surface area contributed by atoms with Crippen LogP contribution in [0.15, 0.2) is 0 Å². The van der Waals surface area contributed by atoms with E-state index in [2.05, 4.69) is 15.9 Å². The van der Waals surface area contributed by atoms with E-state index in [9.17, 15) is 4.46 Å². The van der Waals surface area contributed by atoms with Gasteiger partial charge < -0.3 is 35.3 Å². The molecule has 0 rings (SSSR count). The molecular formula is C7H19N3O6Si. The van der Waals surface area contributed by atoms with E-state index < -0.39 is 9.17 Å². The molecule has 0 aliphatic carbocycles. The van der Waals surface area contributed by atoms with Crippen molar-refractivity contribution < 1.29 is 28.3 Å². The lowest BCUT2D eigenvalue weighted by Crippen LogP contribution is -2.20. The number of nitrogens with two attached hydrogens (primary N) is 2. The molecule has 0 fully saturated rings. The summed E-state index contributed by atoms with van der Waals surface area (Å²) < 4.78 is 24.2. The number of hydrogen-bond acceptors (Lipinski definition) is 6. The molecule has 0 amide bonds. The van der Waals surface area contributed by atoms with Gasteiger partial charge in [-0.3, -0.25) is 9.87 Å². The predicted molar refractivity (Wildman–Crippen MR) is 59.4 cm³/mol. The van der Waals surface area contributed by atoms with Crippen molar-refractivity contribution in [1.82, 2.24) is 0 Å². The first-order chi connectivity index (χ1) is 8.00. The molecule has 0 unspecified atom stereocenters. The van der Waals surface area contributed by atoms with Crippen LogP contribution < -0.4 is 11.5 Å². The summed E-state index contributed by atoms with van der Waals surface area (Å²) in [7, 11) is -2.83. The summed E-state index contributed by atoms with van der Waals surface area (Å²) in [6.07, 6.45) is 0. The molecule has 0 aromatic rings. The summed E-state index contributed by atoms with van der Waals surface area (Å²) in [5, 5.41) is 14.4. The van der Waals surface area contributed by atoms with E-state index in [0.29, 0.717) is 19.8 Å². The second-order valence-corrected chi connectivity index (χ2v) is 3.34. The molecule has 10 heteroatoms. The molecule has 0 aliphatic heterocycles. The van der Waals surface area contributed by atoms with Crippen LogP contribution >= 0.6 is 0 Å². The molecule has 0 aromatic heterocycles. The Labute approximate surface area is 101 Å². The van der Waals surface area contributed by atoms with Crippen molar-refractivity contribution in [2.24, 2.45) is 11.5 Å². The van der Waals surface area contributed by atoms with Gasteiger partial charge in [-0.25, -0.2) is 0 Å². The van der Waals surface area contributed by atoms with Crippen LogP contribution in [0.1, 0.15) is 0 Å². The predicted octanol–water partition coefficient (Wildman–Crippen LogP) is -2.73. The maximum atomic E-state index is 10.0. The highest BCUT2D eigenvalue weighted by Crippen LogP contribution is 1.79. The maximum absolute atomic E-state index is 10.0. The molecule has 7 N–H and O–H groups in total. The Morgan fingerprint density at radius 1 is 1.12 bits per heavy atom. The Hall–Kier alpha value is -1.23. The molecule has 0 spiro atoms. The lowest BCUT2D eigenvalue weighted by atomic mass is 10.7. The van der Waals surface area contributed by atoms with Crippen molar-refractivity contribution in [1.29, 1.82) is 5.41 Å². The van der Waals surface area contributed by atoms with E-state index in [0.717, 1.165) is 0 Å². The summed E-state index contributed by atoms with van der Waals surface area (Å²) in [5.74, 6) is -0.333. The van der Waals surface area contributed by atoms with Crippen LogP contribution in [0.3, 0.4) is 0 Å². The van der Waals surface area contributed by atoms with Gasteiger partial charge in [-0.15, -0.1) is 0 Å². The number of guanidine groups is 1. The van der Waals surface area contributed by atoms with Crippen molar-refractivity contribution in [2.45, 2.75) is 0 Å². The molecule has 0 saturated heterocycles. The molecule has 17 heavy (non-hydrogen) atoms. The SMILES string of the molecule is N=C(N)N.O=[Si](O)OCCOCCOCCO. The summed E-state index contributed by atoms with van der Waals surface area (Å²) in [5.41, 5.74) is 8.94. The summed E-state index contributed by atoms with van der Waals surface area (Å²) in [4.78, 5) is 8.24. The van der Waals surface area contributed by atoms with Gasteiger partial charge in [0.05, 0.1) is 39.6 Å². The third kappa shape index (κ3) is 31.3. The van der Waals surface area contributed by atoms with Gasteiger partial charge in [0.25, 0.3) is 0 Å². The molecule has 0 bridgehead atoms. The van der Waals surface area contributed by atoms with Crippen LogP contribution in [0.25, 0.3) is 0 Å². The third-order valence-corrected chi connectivity index (χ3v) is 1.51. The highest BCUT2D eigenvalue weighted by atomic mass is 28.3. The summed E-state index contributed by atoms with van der Waals surface area (Å²) in [6, 6.07) is 0. The highest BCUT2D eigenvalue weighted by Gasteiger charge is 2.01. The Balaban J connectivity index is 0. The van der Waals surface area contributed by atoms with Crippen molar-refractivity contribution >= 4 is 15.1 Å². The van der Waals surface area contributed by atoms with Crippen LogP contribution in [0.5, 0.6) is 0 Å². The van der Waals surface area contributed by atoms with Gasteiger partial charge in [-0.2, -0.15) is 0 Å². The molecule has 0 atom stereocenters. The van der Waals surface area contributed by atoms with Gasteiger partial charge in [0.15, 0.2) is 5.96 Å². The second-order valence-electron chi connectivity index (χ2n) is 2.52. The fourth-order valence-corrected chi connectivity index (χ4v) is 0.832. The van der Waals surface area contributed by atoms with E-state index in [1.165, 1.54) is 0 Å². The van der Waals surface area contributed by atoms with E-state index in [-0.39, 0.29) is 25.8 Å². The fourth-order valence-electron chi connectivity index (χ4n) is 0.574. The van der Waals surface area contributed by atoms with Gasteiger partial charge in [-0.1, -0.05) is 0 Å². The fraction of sp³-hybridized carbons (Fsp3) is 0.857. The Bertz CT molecular complexity index is 202. The molecular weight excluding hydrogens is 250 g/mol. The molecule has 0 saturated carbocycles. The number of ether oxygens (including phenoxy) is 2. The summed E-state index contributed by atoms with van der Waals surface area (Å²) in [6.45, 7) is 1.44. The van der Waals surface area contributed by atoms with Crippen molar-refractivity contribution in [2.75, 3.05) is 39.6 Å². The largest absolute Gasteiger partial charge is 0.764 e.